The molecule has 0 aromatic heterocycles. The topological polar surface area (TPSA) is 47.6 Å². The molecule has 0 bridgehead atoms. The molecule has 0 unspecified atom stereocenters. The molecule has 0 spiro atoms. The first-order chi connectivity index (χ1) is 3.31. The van der Waals surface area contributed by atoms with E-state index in [-0.39, 0.29) is 5.71 Å². The third-order valence-corrected chi connectivity index (χ3v) is 0.483. The van der Waals surface area contributed by atoms with Crippen molar-refractivity contribution in [1.29, 1.82) is 10.7 Å². The van der Waals surface area contributed by atoms with Gasteiger partial charge in [-0.15, -0.1) is 6.58 Å². The van der Waals surface area contributed by atoms with E-state index in [9.17, 15) is 0 Å². The van der Waals surface area contributed by atoms with E-state index < -0.39 is 0 Å². The Hall–Kier alpha value is -1.10. The van der Waals surface area contributed by atoms with E-state index >= 15 is 0 Å². The molecule has 0 heterocycles. The highest BCUT2D eigenvalue weighted by atomic mass is 14.4. The van der Waals surface area contributed by atoms with Gasteiger partial charge in [0.15, 0.2) is 0 Å². The second-order valence-electron chi connectivity index (χ2n) is 1.08. The van der Waals surface area contributed by atoms with Crippen molar-refractivity contribution in [2.24, 2.45) is 0 Å². The summed E-state index contributed by atoms with van der Waals surface area (Å²) in [5.41, 5.74) is 0.0648. The van der Waals surface area contributed by atoms with E-state index in [2.05, 4.69) is 6.58 Å². The first-order valence-electron chi connectivity index (χ1n) is 1.89. The third-order valence-electron chi connectivity index (χ3n) is 0.483. The molecule has 0 aliphatic carbocycles. The zero-order chi connectivity index (χ0) is 5.70. The minimum absolute atomic E-state index is 0.0648. The smallest absolute Gasteiger partial charge is 0.114 e. The van der Waals surface area contributed by atoms with Crippen LogP contribution in [0.1, 0.15) is 6.42 Å². The fraction of sp³-hybridized carbons (Fsp3) is 0.200. The molecule has 0 rings (SSSR count). The summed E-state index contributed by atoms with van der Waals surface area (Å²) in [6, 6.07) is 1.68. The molecule has 2 heteroatoms. The highest BCUT2D eigenvalue weighted by molar-refractivity contribution is 5.96. The number of hydrogen-bond donors (Lipinski definition) is 1. The van der Waals surface area contributed by atoms with E-state index in [1.165, 1.54) is 6.08 Å². The molecule has 0 aliphatic rings. The quantitative estimate of drug-likeness (QED) is 0.404. The number of nitrogens with zero attached hydrogens (tertiary/aromatic N) is 1. The maximum Gasteiger partial charge on any atom is 0.114 e. The Morgan fingerprint density at radius 3 is 2.71 bits per heavy atom. The Morgan fingerprint density at radius 1 is 2.00 bits per heavy atom. The number of hydrogen-bond acceptors (Lipinski definition) is 2. The largest absolute Gasteiger partial charge is 0.294 e. The van der Waals surface area contributed by atoms with Crippen LogP contribution in [0.25, 0.3) is 0 Å². The fourth-order valence-electron chi connectivity index (χ4n) is 0.190. The number of rotatable bonds is 2. The van der Waals surface area contributed by atoms with E-state index in [4.69, 9.17) is 10.7 Å². The molecule has 7 heavy (non-hydrogen) atoms. The van der Waals surface area contributed by atoms with Crippen molar-refractivity contribution in [1.82, 2.24) is 0 Å². The average Bonchev–Trinajstić information content (AvgIpc) is 1.68. The van der Waals surface area contributed by atoms with Crippen LogP contribution in [0.2, 0.25) is 0 Å². The summed E-state index contributed by atoms with van der Waals surface area (Å²) in [7, 11) is 0. The zero-order valence-corrected chi connectivity index (χ0v) is 3.94. The highest BCUT2D eigenvalue weighted by Crippen LogP contribution is 1.78. The Kier molecular flexibility index (Phi) is 2.62. The first-order valence-corrected chi connectivity index (χ1v) is 1.89. The number of nitriles is 1. The third kappa shape index (κ3) is 2.71. The Morgan fingerprint density at radius 2 is 2.57 bits per heavy atom. The predicted molar refractivity (Wildman–Crippen MR) is 28.2 cm³/mol. The molecule has 0 radical (unpaired) electrons. The van der Waals surface area contributed by atoms with Gasteiger partial charge in [0.05, 0.1) is 0 Å². The van der Waals surface area contributed by atoms with Crippen LogP contribution in [0.3, 0.4) is 0 Å². The van der Waals surface area contributed by atoms with Gasteiger partial charge in [0, 0.05) is 6.42 Å². The molecule has 1 N–H and O–H groups in total. The summed E-state index contributed by atoms with van der Waals surface area (Å²) >= 11 is 0. The maximum absolute atomic E-state index is 7.94. The van der Waals surface area contributed by atoms with Crippen molar-refractivity contribution in [3.63, 3.8) is 0 Å². The van der Waals surface area contributed by atoms with Gasteiger partial charge in [-0.2, -0.15) is 5.26 Å². The minimum atomic E-state index is 0.0648. The molecule has 0 aromatic rings. The van der Waals surface area contributed by atoms with Gasteiger partial charge < -0.3 is 0 Å². The minimum Gasteiger partial charge on any atom is -0.294 e. The molecule has 0 fully saturated rings. The van der Waals surface area contributed by atoms with Crippen LogP contribution in [-0.4, -0.2) is 5.71 Å². The lowest BCUT2D eigenvalue weighted by molar-refractivity contribution is 1.38. The fourth-order valence-corrected chi connectivity index (χ4v) is 0.190. The lowest BCUT2D eigenvalue weighted by atomic mass is 10.3. The van der Waals surface area contributed by atoms with Crippen LogP contribution < -0.4 is 0 Å². The Labute approximate surface area is 42.6 Å². The van der Waals surface area contributed by atoms with E-state index in [1.54, 1.807) is 6.07 Å². The molecule has 0 saturated carbocycles. The van der Waals surface area contributed by atoms with Gasteiger partial charge in [0.1, 0.15) is 11.8 Å². The molecule has 0 saturated heterocycles. The lowest BCUT2D eigenvalue weighted by Crippen LogP contribution is -1.84. The summed E-state index contributed by atoms with van der Waals surface area (Å²) in [6.07, 6.45) is 1.92. The number of allylic oxidation sites excluding steroid dienone is 1. The first kappa shape index (κ1) is 5.90. The average molecular weight is 94.1 g/mol. The van der Waals surface area contributed by atoms with Crippen molar-refractivity contribution in [3.05, 3.63) is 12.7 Å². The molecule has 0 amide bonds. The summed E-state index contributed by atoms with van der Waals surface area (Å²) in [6.45, 7) is 3.36. The van der Waals surface area contributed by atoms with Crippen molar-refractivity contribution < 1.29 is 0 Å². The molecule has 0 atom stereocenters. The van der Waals surface area contributed by atoms with E-state index in [0.29, 0.717) is 6.42 Å². The predicted octanol–water partition coefficient (Wildman–Crippen LogP) is 1.11. The van der Waals surface area contributed by atoms with E-state index in [0.717, 1.165) is 0 Å². The summed E-state index contributed by atoms with van der Waals surface area (Å²) in [5, 5.41) is 14.6. The molecule has 0 aliphatic heterocycles. The van der Waals surface area contributed by atoms with Crippen molar-refractivity contribution in [2.75, 3.05) is 0 Å². The zero-order valence-electron chi connectivity index (χ0n) is 3.94. The van der Waals surface area contributed by atoms with Gasteiger partial charge in [-0.25, -0.2) is 0 Å². The van der Waals surface area contributed by atoms with Crippen molar-refractivity contribution >= 4 is 5.71 Å². The van der Waals surface area contributed by atoms with Gasteiger partial charge in [-0.1, -0.05) is 6.08 Å². The highest BCUT2D eigenvalue weighted by Gasteiger charge is 1.83. The molecule has 0 aromatic carbocycles. The van der Waals surface area contributed by atoms with Crippen LogP contribution in [0.15, 0.2) is 12.7 Å². The normalized spacial score (nSPS) is 6.71. The van der Waals surface area contributed by atoms with Crippen LogP contribution in [0.4, 0.5) is 0 Å². The van der Waals surface area contributed by atoms with Crippen LogP contribution in [0, 0.1) is 16.7 Å². The van der Waals surface area contributed by atoms with Crippen LogP contribution in [-0.2, 0) is 0 Å². The van der Waals surface area contributed by atoms with Crippen molar-refractivity contribution in [2.45, 2.75) is 6.42 Å². The Bertz CT molecular complexity index is 119. The summed E-state index contributed by atoms with van der Waals surface area (Å²) in [4.78, 5) is 0. The van der Waals surface area contributed by atoms with Crippen LogP contribution in [0.5, 0.6) is 0 Å². The molecule has 36 valence electrons. The lowest BCUT2D eigenvalue weighted by Gasteiger charge is -1.77. The summed E-state index contributed by atoms with van der Waals surface area (Å²) in [5.74, 6) is 0. The monoisotopic (exact) mass is 94.1 g/mol. The van der Waals surface area contributed by atoms with Crippen molar-refractivity contribution in [3.8, 4) is 6.07 Å². The Balaban J connectivity index is 3.43. The van der Waals surface area contributed by atoms with Gasteiger partial charge in [0.2, 0.25) is 0 Å². The number of nitrogens with one attached hydrogen (secondary N) is 1. The van der Waals surface area contributed by atoms with Crippen LogP contribution >= 0.6 is 0 Å². The van der Waals surface area contributed by atoms with Gasteiger partial charge in [-0.05, 0) is 0 Å². The van der Waals surface area contributed by atoms with Gasteiger partial charge in [-0.3, -0.25) is 5.41 Å². The molecule has 2 nitrogen and oxygen atoms in total. The molecular formula is C5H6N2. The van der Waals surface area contributed by atoms with Gasteiger partial charge in [0.25, 0.3) is 0 Å². The molecular weight excluding hydrogens is 88.1 g/mol. The second-order valence-corrected chi connectivity index (χ2v) is 1.08. The maximum atomic E-state index is 7.94. The SMILES string of the molecule is C=CCC(=N)C#N. The van der Waals surface area contributed by atoms with Gasteiger partial charge >= 0.3 is 0 Å². The van der Waals surface area contributed by atoms with E-state index in [1.807, 2.05) is 0 Å². The summed E-state index contributed by atoms with van der Waals surface area (Å²) < 4.78 is 0. The standard InChI is InChI=1S/C5H6N2/c1-2-3-5(7)4-6/h2,7H,1,3H2. The second kappa shape index (κ2) is 3.10.